The van der Waals surface area contributed by atoms with Gasteiger partial charge in [-0.25, -0.2) is 8.42 Å². The van der Waals surface area contributed by atoms with E-state index >= 15 is 0 Å². The van der Waals surface area contributed by atoms with E-state index in [2.05, 4.69) is 22.4 Å². The Morgan fingerprint density at radius 3 is 2.67 bits per heavy atom. The largest absolute Gasteiger partial charge is 0.313 e. The van der Waals surface area contributed by atoms with Crippen LogP contribution >= 0.6 is 0 Å². The van der Waals surface area contributed by atoms with Crippen LogP contribution in [0.25, 0.3) is 10.9 Å². The number of benzene rings is 1. The molecular weight excluding hydrogens is 284 g/mol. The summed E-state index contributed by atoms with van der Waals surface area (Å²) in [5.74, 6) is 0.229. The first-order valence-corrected chi connectivity index (χ1v) is 9.18. The van der Waals surface area contributed by atoms with Gasteiger partial charge in [0.15, 0.2) is 0 Å². The number of hydrogen-bond acceptors (Lipinski definition) is 4. The van der Waals surface area contributed by atoms with Gasteiger partial charge in [0, 0.05) is 29.1 Å². The molecule has 1 unspecified atom stereocenters. The number of nitrogens with zero attached hydrogens (tertiary/aromatic N) is 1. The second-order valence-corrected chi connectivity index (χ2v) is 7.74. The standard InChI is InChI=1S/C16H22N2O2S/c1-12-11-14(13-7-4-5-8-16(13)18-12)15(17-2)9-6-10-21(3,19)20/h4-5,7-8,11,15,17H,6,9-10H2,1-3H3. The maximum atomic E-state index is 11.3. The molecule has 0 spiro atoms. The highest BCUT2D eigenvalue weighted by molar-refractivity contribution is 7.90. The lowest BCUT2D eigenvalue weighted by molar-refractivity contribution is 0.538. The molecule has 1 atom stereocenters. The van der Waals surface area contributed by atoms with Crippen LogP contribution in [0.4, 0.5) is 0 Å². The fraction of sp³-hybridized carbons (Fsp3) is 0.438. The molecule has 0 fully saturated rings. The van der Waals surface area contributed by atoms with Gasteiger partial charge >= 0.3 is 0 Å². The predicted octanol–water partition coefficient (Wildman–Crippen LogP) is 2.63. The summed E-state index contributed by atoms with van der Waals surface area (Å²) >= 11 is 0. The molecule has 0 saturated heterocycles. The molecule has 1 N–H and O–H groups in total. The fourth-order valence-corrected chi connectivity index (χ4v) is 3.32. The van der Waals surface area contributed by atoms with Gasteiger partial charge in [-0.2, -0.15) is 0 Å². The maximum Gasteiger partial charge on any atom is 0.147 e. The molecule has 21 heavy (non-hydrogen) atoms. The molecular formula is C16H22N2O2S. The van der Waals surface area contributed by atoms with Gasteiger partial charge < -0.3 is 5.32 Å². The zero-order chi connectivity index (χ0) is 15.5. The highest BCUT2D eigenvalue weighted by Crippen LogP contribution is 2.27. The molecule has 0 saturated carbocycles. The first-order chi connectivity index (χ1) is 9.90. The van der Waals surface area contributed by atoms with Crippen molar-refractivity contribution in [3.8, 4) is 0 Å². The number of sulfone groups is 1. The Bertz CT molecular complexity index is 726. The van der Waals surface area contributed by atoms with Crippen molar-refractivity contribution in [2.75, 3.05) is 19.1 Å². The number of nitrogens with one attached hydrogen (secondary N) is 1. The van der Waals surface area contributed by atoms with Crippen LogP contribution in [0, 0.1) is 6.92 Å². The Morgan fingerprint density at radius 2 is 2.00 bits per heavy atom. The molecule has 5 heteroatoms. The molecule has 1 aromatic carbocycles. The molecule has 114 valence electrons. The molecule has 2 aromatic rings. The third-order valence-corrected chi connectivity index (χ3v) is 4.64. The van der Waals surface area contributed by atoms with Crippen LogP contribution in [-0.4, -0.2) is 32.5 Å². The van der Waals surface area contributed by atoms with Crippen molar-refractivity contribution in [2.24, 2.45) is 0 Å². The number of para-hydroxylation sites is 1. The zero-order valence-corrected chi connectivity index (χ0v) is 13.6. The van der Waals surface area contributed by atoms with E-state index in [1.165, 1.54) is 11.8 Å². The molecule has 2 rings (SSSR count). The number of aryl methyl sites for hydroxylation is 1. The summed E-state index contributed by atoms with van der Waals surface area (Å²) in [5.41, 5.74) is 3.15. The summed E-state index contributed by atoms with van der Waals surface area (Å²) in [4.78, 5) is 4.55. The van der Waals surface area contributed by atoms with Crippen LogP contribution in [-0.2, 0) is 9.84 Å². The number of aromatic nitrogens is 1. The van der Waals surface area contributed by atoms with Crippen molar-refractivity contribution in [3.05, 3.63) is 41.6 Å². The second-order valence-electron chi connectivity index (χ2n) is 5.48. The van der Waals surface area contributed by atoms with Crippen LogP contribution in [0.1, 0.15) is 30.1 Å². The normalized spacial score (nSPS) is 13.5. The van der Waals surface area contributed by atoms with Gasteiger partial charge in [-0.05, 0) is 44.5 Å². The topological polar surface area (TPSA) is 59.1 Å². The van der Waals surface area contributed by atoms with Gasteiger partial charge in [-0.1, -0.05) is 18.2 Å². The van der Waals surface area contributed by atoms with Crippen LogP contribution in [0.2, 0.25) is 0 Å². The van der Waals surface area contributed by atoms with Gasteiger partial charge in [0.25, 0.3) is 0 Å². The van der Waals surface area contributed by atoms with Gasteiger partial charge in [-0.3, -0.25) is 4.98 Å². The summed E-state index contributed by atoms with van der Waals surface area (Å²) < 4.78 is 22.5. The molecule has 4 nitrogen and oxygen atoms in total. The van der Waals surface area contributed by atoms with Crippen LogP contribution in [0.5, 0.6) is 0 Å². The third-order valence-electron chi connectivity index (χ3n) is 3.61. The van der Waals surface area contributed by atoms with Crippen molar-refractivity contribution in [3.63, 3.8) is 0 Å². The quantitative estimate of drug-likeness (QED) is 0.891. The van der Waals surface area contributed by atoms with Crippen molar-refractivity contribution in [2.45, 2.75) is 25.8 Å². The SMILES string of the molecule is CNC(CCCS(C)(=O)=O)c1cc(C)nc2ccccc12. The van der Waals surface area contributed by atoms with Crippen molar-refractivity contribution < 1.29 is 8.42 Å². The van der Waals surface area contributed by atoms with E-state index in [0.717, 1.165) is 23.0 Å². The molecule has 0 aliphatic heterocycles. The lowest BCUT2D eigenvalue weighted by Crippen LogP contribution is -2.18. The molecule has 0 bridgehead atoms. The average molecular weight is 306 g/mol. The van der Waals surface area contributed by atoms with Gasteiger partial charge in [0.2, 0.25) is 0 Å². The van der Waals surface area contributed by atoms with E-state index in [1.807, 2.05) is 32.2 Å². The Morgan fingerprint density at radius 1 is 1.29 bits per heavy atom. The lowest BCUT2D eigenvalue weighted by atomic mass is 9.97. The van der Waals surface area contributed by atoms with E-state index in [9.17, 15) is 8.42 Å². The van der Waals surface area contributed by atoms with Gasteiger partial charge in [0.1, 0.15) is 9.84 Å². The van der Waals surface area contributed by atoms with E-state index in [1.54, 1.807) is 0 Å². The highest BCUT2D eigenvalue weighted by Gasteiger charge is 2.14. The Kier molecular flexibility index (Phi) is 4.96. The summed E-state index contributed by atoms with van der Waals surface area (Å²) in [6, 6.07) is 10.3. The van der Waals surface area contributed by atoms with Gasteiger partial charge in [0.05, 0.1) is 5.52 Å². The summed E-state index contributed by atoms with van der Waals surface area (Å²) in [6.45, 7) is 1.99. The lowest BCUT2D eigenvalue weighted by Gasteiger charge is -2.19. The highest BCUT2D eigenvalue weighted by atomic mass is 32.2. The molecule has 1 heterocycles. The Balaban J connectivity index is 2.29. The third kappa shape index (κ3) is 4.25. The van der Waals surface area contributed by atoms with Crippen LogP contribution < -0.4 is 5.32 Å². The smallest absolute Gasteiger partial charge is 0.147 e. The first kappa shape index (κ1) is 15.9. The molecule has 0 radical (unpaired) electrons. The fourth-order valence-electron chi connectivity index (χ4n) is 2.63. The average Bonchev–Trinajstić information content (AvgIpc) is 2.41. The van der Waals surface area contributed by atoms with E-state index in [4.69, 9.17) is 0 Å². The summed E-state index contributed by atoms with van der Waals surface area (Å²) in [7, 11) is -0.989. The minimum absolute atomic E-state index is 0.137. The van der Waals surface area contributed by atoms with E-state index in [0.29, 0.717) is 6.42 Å². The van der Waals surface area contributed by atoms with Crippen LogP contribution in [0.15, 0.2) is 30.3 Å². The monoisotopic (exact) mass is 306 g/mol. The van der Waals surface area contributed by atoms with Crippen molar-refractivity contribution in [1.82, 2.24) is 10.3 Å². The predicted molar refractivity (Wildman–Crippen MR) is 87.2 cm³/mol. The van der Waals surface area contributed by atoms with E-state index in [-0.39, 0.29) is 11.8 Å². The van der Waals surface area contributed by atoms with Gasteiger partial charge in [-0.15, -0.1) is 0 Å². The number of rotatable bonds is 6. The first-order valence-electron chi connectivity index (χ1n) is 7.12. The number of fused-ring (bicyclic) bond motifs is 1. The van der Waals surface area contributed by atoms with Crippen LogP contribution in [0.3, 0.4) is 0 Å². The van der Waals surface area contributed by atoms with Crippen molar-refractivity contribution in [1.29, 1.82) is 0 Å². The molecule has 0 aliphatic carbocycles. The molecule has 1 aromatic heterocycles. The minimum atomic E-state index is -2.90. The summed E-state index contributed by atoms with van der Waals surface area (Å²) in [5, 5.41) is 4.43. The number of hydrogen-bond donors (Lipinski definition) is 1. The van der Waals surface area contributed by atoms with E-state index < -0.39 is 9.84 Å². The number of pyridine rings is 1. The van der Waals surface area contributed by atoms with Crippen molar-refractivity contribution >= 4 is 20.7 Å². The molecule has 0 amide bonds. The Hall–Kier alpha value is -1.46. The molecule has 0 aliphatic rings. The second kappa shape index (κ2) is 6.54. The Labute approximate surface area is 126 Å². The summed E-state index contributed by atoms with van der Waals surface area (Å²) in [6.07, 6.45) is 2.73. The zero-order valence-electron chi connectivity index (χ0n) is 12.8. The maximum absolute atomic E-state index is 11.3. The minimum Gasteiger partial charge on any atom is -0.313 e.